The topological polar surface area (TPSA) is 109 Å². The predicted molar refractivity (Wildman–Crippen MR) is 108 cm³/mol. The van der Waals surface area contributed by atoms with Gasteiger partial charge in [0.1, 0.15) is 27.2 Å². The fourth-order valence-electron chi connectivity index (χ4n) is 3.51. The lowest BCUT2D eigenvalue weighted by molar-refractivity contribution is 0.0798. The van der Waals surface area contributed by atoms with Crippen LogP contribution < -0.4 is 11.5 Å². The number of likely N-dealkylation sites (tertiary alicyclic amines) is 1. The van der Waals surface area contributed by atoms with E-state index in [0.717, 1.165) is 37.1 Å². The molecule has 2 aromatic heterocycles. The molecule has 1 aromatic carbocycles. The third kappa shape index (κ3) is 2.78. The number of nitrogens with two attached hydrogens (primary N) is 2. The van der Waals surface area contributed by atoms with Gasteiger partial charge in [-0.1, -0.05) is 29.8 Å². The number of hydrogen-bond acceptors (Lipinski definition) is 6. The van der Waals surface area contributed by atoms with Crippen LogP contribution in [-0.4, -0.2) is 28.9 Å². The van der Waals surface area contributed by atoms with Crippen LogP contribution >= 0.6 is 11.3 Å². The molecule has 0 unspecified atom stereocenters. The Morgan fingerprint density at radius 2 is 1.89 bits per heavy atom. The molecule has 0 spiro atoms. The number of hydrogen-bond donors (Lipinski definition) is 2. The maximum atomic E-state index is 12.9. The van der Waals surface area contributed by atoms with Crippen LogP contribution in [0.15, 0.2) is 24.3 Å². The van der Waals surface area contributed by atoms with Crippen LogP contribution in [0.5, 0.6) is 0 Å². The minimum Gasteiger partial charge on any atom is -0.397 e. The molecule has 27 heavy (non-hydrogen) atoms. The van der Waals surface area contributed by atoms with Gasteiger partial charge in [-0.15, -0.1) is 11.3 Å². The highest BCUT2D eigenvalue weighted by molar-refractivity contribution is 7.21. The van der Waals surface area contributed by atoms with Gasteiger partial charge in [0, 0.05) is 24.0 Å². The van der Waals surface area contributed by atoms with E-state index in [4.69, 9.17) is 11.5 Å². The van der Waals surface area contributed by atoms with Crippen molar-refractivity contribution in [3.63, 3.8) is 0 Å². The molecule has 0 radical (unpaired) electrons. The van der Waals surface area contributed by atoms with Crippen molar-refractivity contribution in [2.75, 3.05) is 24.6 Å². The number of thiophene rings is 1. The summed E-state index contributed by atoms with van der Waals surface area (Å²) < 4.78 is 0. The summed E-state index contributed by atoms with van der Waals surface area (Å²) >= 11 is 1.25. The monoisotopic (exact) mass is 377 g/mol. The molecule has 0 saturated carbocycles. The molecule has 1 fully saturated rings. The van der Waals surface area contributed by atoms with Crippen molar-refractivity contribution in [3.05, 3.63) is 40.3 Å². The standard InChI is InChI=1S/C20H19N5OS/c1-11-4-6-12(7-5-11)14-13(10-21)18(23)24-19-15(14)16(22)17(27-19)20(26)25-8-2-3-9-25/h4-7H,2-3,8-9,22H2,1H3,(H2,23,24). The van der Waals surface area contributed by atoms with Crippen LogP contribution in [-0.2, 0) is 0 Å². The normalized spacial score (nSPS) is 13.9. The summed E-state index contributed by atoms with van der Waals surface area (Å²) in [7, 11) is 0. The number of aryl methyl sites for hydroxylation is 1. The van der Waals surface area contributed by atoms with Crippen LogP contribution in [0.1, 0.15) is 33.6 Å². The average molecular weight is 377 g/mol. The number of aromatic nitrogens is 1. The Balaban J connectivity index is 1.99. The summed E-state index contributed by atoms with van der Waals surface area (Å²) in [6, 6.07) is 9.96. The molecule has 136 valence electrons. The second kappa shape index (κ2) is 6.56. The van der Waals surface area contributed by atoms with Crippen molar-refractivity contribution < 1.29 is 4.79 Å². The van der Waals surface area contributed by atoms with E-state index in [1.807, 2.05) is 36.1 Å². The number of carbonyl (C=O) groups excluding carboxylic acids is 1. The van der Waals surface area contributed by atoms with E-state index in [9.17, 15) is 10.1 Å². The molecule has 3 aromatic rings. The van der Waals surface area contributed by atoms with Crippen LogP contribution in [0.2, 0.25) is 0 Å². The molecular weight excluding hydrogens is 358 g/mol. The number of nitriles is 1. The predicted octanol–water partition coefficient (Wildman–Crippen LogP) is 3.54. The Bertz CT molecular complexity index is 1090. The van der Waals surface area contributed by atoms with Crippen LogP contribution in [0.4, 0.5) is 11.5 Å². The minimum atomic E-state index is -0.0695. The molecule has 0 atom stereocenters. The van der Waals surface area contributed by atoms with Gasteiger partial charge in [0.05, 0.1) is 5.69 Å². The van der Waals surface area contributed by atoms with Gasteiger partial charge in [-0.05, 0) is 25.3 Å². The number of pyridine rings is 1. The SMILES string of the molecule is Cc1ccc(-c2c(C#N)c(N)nc3sc(C(=O)N4CCCC4)c(N)c23)cc1. The molecule has 0 aliphatic carbocycles. The smallest absolute Gasteiger partial charge is 0.266 e. The fourth-order valence-corrected chi connectivity index (χ4v) is 4.59. The molecule has 4 N–H and O–H groups in total. The maximum absolute atomic E-state index is 12.9. The lowest BCUT2D eigenvalue weighted by Gasteiger charge is -2.14. The molecule has 6 nitrogen and oxygen atoms in total. The van der Waals surface area contributed by atoms with Crippen LogP contribution in [0, 0.1) is 18.3 Å². The number of nitrogens with zero attached hydrogens (tertiary/aromatic N) is 3. The zero-order valence-electron chi connectivity index (χ0n) is 15.0. The summed E-state index contributed by atoms with van der Waals surface area (Å²) in [5, 5.41) is 10.3. The molecule has 4 rings (SSSR count). The van der Waals surface area contributed by atoms with Crippen LogP contribution in [0.3, 0.4) is 0 Å². The van der Waals surface area contributed by atoms with Gasteiger partial charge < -0.3 is 16.4 Å². The first-order valence-electron chi connectivity index (χ1n) is 8.79. The summed E-state index contributed by atoms with van der Waals surface area (Å²) in [6.07, 6.45) is 2.02. The molecule has 1 amide bonds. The third-order valence-electron chi connectivity index (χ3n) is 4.94. The van der Waals surface area contributed by atoms with Crippen molar-refractivity contribution in [3.8, 4) is 17.2 Å². The van der Waals surface area contributed by atoms with Crippen molar-refractivity contribution >= 4 is 39.0 Å². The zero-order chi connectivity index (χ0) is 19.1. The summed E-state index contributed by atoms with van der Waals surface area (Å²) in [6.45, 7) is 3.49. The number of amides is 1. The molecule has 0 bridgehead atoms. The average Bonchev–Trinajstić information content (AvgIpc) is 3.29. The van der Waals surface area contributed by atoms with E-state index in [1.165, 1.54) is 11.3 Å². The summed E-state index contributed by atoms with van der Waals surface area (Å²) in [4.78, 5) is 20.1. The number of carbonyl (C=O) groups is 1. The van der Waals surface area contributed by atoms with Gasteiger partial charge in [-0.25, -0.2) is 4.98 Å². The van der Waals surface area contributed by atoms with E-state index in [2.05, 4.69) is 11.1 Å². The van der Waals surface area contributed by atoms with Gasteiger partial charge >= 0.3 is 0 Å². The Morgan fingerprint density at radius 1 is 1.22 bits per heavy atom. The van der Waals surface area contributed by atoms with E-state index in [0.29, 0.717) is 26.3 Å². The highest BCUT2D eigenvalue weighted by Crippen LogP contribution is 2.43. The third-order valence-corrected chi connectivity index (χ3v) is 6.03. The maximum Gasteiger partial charge on any atom is 0.266 e. The summed E-state index contributed by atoms with van der Waals surface area (Å²) in [5.74, 6) is 0.0851. The van der Waals surface area contributed by atoms with Crippen molar-refractivity contribution in [2.24, 2.45) is 0 Å². The molecule has 7 heteroatoms. The van der Waals surface area contributed by atoms with Gasteiger partial charge in [0.25, 0.3) is 5.91 Å². The van der Waals surface area contributed by atoms with E-state index < -0.39 is 0 Å². The largest absolute Gasteiger partial charge is 0.397 e. The highest BCUT2D eigenvalue weighted by atomic mass is 32.1. The number of nitrogen functional groups attached to an aromatic ring is 2. The van der Waals surface area contributed by atoms with Crippen molar-refractivity contribution in [2.45, 2.75) is 19.8 Å². The fraction of sp³-hybridized carbons (Fsp3) is 0.250. The Hall–Kier alpha value is -3.11. The van der Waals surface area contributed by atoms with Crippen molar-refractivity contribution in [1.29, 1.82) is 5.26 Å². The Kier molecular flexibility index (Phi) is 4.21. The zero-order valence-corrected chi connectivity index (χ0v) is 15.8. The Labute approximate surface area is 161 Å². The number of anilines is 2. The first kappa shape index (κ1) is 17.3. The quantitative estimate of drug-likeness (QED) is 0.710. The number of benzene rings is 1. The number of fused-ring (bicyclic) bond motifs is 1. The van der Waals surface area contributed by atoms with E-state index >= 15 is 0 Å². The molecule has 1 saturated heterocycles. The lowest BCUT2D eigenvalue weighted by atomic mass is 9.96. The molecule has 1 aliphatic rings. The molecular formula is C20H19N5OS. The second-order valence-corrected chi connectivity index (χ2v) is 7.75. The van der Waals surface area contributed by atoms with Gasteiger partial charge in [0.2, 0.25) is 0 Å². The van der Waals surface area contributed by atoms with Gasteiger partial charge in [-0.2, -0.15) is 5.26 Å². The van der Waals surface area contributed by atoms with E-state index in [-0.39, 0.29) is 17.3 Å². The van der Waals surface area contributed by atoms with E-state index in [1.54, 1.807) is 0 Å². The molecule has 1 aliphatic heterocycles. The van der Waals surface area contributed by atoms with Crippen LogP contribution in [0.25, 0.3) is 21.3 Å². The minimum absolute atomic E-state index is 0.0695. The highest BCUT2D eigenvalue weighted by Gasteiger charge is 2.27. The summed E-state index contributed by atoms with van der Waals surface area (Å²) in [5.41, 5.74) is 15.7. The Morgan fingerprint density at radius 3 is 2.52 bits per heavy atom. The first-order valence-corrected chi connectivity index (χ1v) is 9.60. The molecule has 3 heterocycles. The lowest BCUT2D eigenvalue weighted by Crippen LogP contribution is -2.27. The number of rotatable bonds is 2. The second-order valence-electron chi connectivity index (χ2n) is 6.75. The van der Waals surface area contributed by atoms with Gasteiger partial charge in [-0.3, -0.25) is 4.79 Å². The van der Waals surface area contributed by atoms with Crippen molar-refractivity contribution in [1.82, 2.24) is 9.88 Å². The first-order chi connectivity index (χ1) is 13.0. The van der Waals surface area contributed by atoms with Gasteiger partial charge in [0.15, 0.2) is 0 Å².